The van der Waals surface area contributed by atoms with Crippen LogP contribution in [-0.4, -0.2) is 14.5 Å². The monoisotopic (exact) mass is 280 g/mol. The standard InChI is InChI=1S/C17H20N4/c1-10(2)21-15-5-6-19-9-14(15)20-17(21)13-8-11(3)7-12(4)16(13)18/h5-10H,18H2,1-4H3. The number of aromatic nitrogens is 3. The van der Waals surface area contributed by atoms with Crippen molar-refractivity contribution in [3.63, 3.8) is 0 Å². The van der Waals surface area contributed by atoms with Crippen molar-refractivity contribution in [2.75, 3.05) is 5.73 Å². The highest BCUT2D eigenvalue weighted by atomic mass is 15.1. The summed E-state index contributed by atoms with van der Waals surface area (Å²) in [5, 5.41) is 0. The number of nitrogens with two attached hydrogens (primary N) is 1. The van der Waals surface area contributed by atoms with Crippen molar-refractivity contribution in [1.82, 2.24) is 14.5 Å². The molecule has 3 aromatic rings. The van der Waals surface area contributed by atoms with Gasteiger partial charge in [-0.3, -0.25) is 4.98 Å². The van der Waals surface area contributed by atoms with E-state index in [9.17, 15) is 0 Å². The fourth-order valence-electron chi connectivity index (χ4n) is 2.83. The largest absolute Gasteiger partial charge is 0.398 e. The molecule has 2 aromatic heterocycles. The predicted molar refractivity (Wildman–Crippen MR) is 87.2 cm³/mol. The minimum Gasteiger partial charge on any atom is -0.398 e. The Morgan fingerprint density at radius 2 is 1.95 bits per heavy atom. The topological polar surface area (TPSA) is 56.7 Å². The highest BCUT2D eigenvalue weighted by Crippen LogP contribution is 2.33. The second-order valence-electron chi connectivity index (χ2n) is 5.81. The molecule has 3 rings (SSSR count). The van der Waals surface area contributed by atoms with Gasteiger partial charge >= 0.3 is 0 Å². The summed E-state index contributed by atoms with van der Waals surface area (Å²) >= 11 is 0. The van der Waals surface area contributed by atoms with Gasteiger partial charge < -0.3 is 10.3 Å². The van der Waals surface area contributed by atoms with Crippen LogP contribution in [0.3, 0.4) is 0 Å². The van der Waals surface area contributed by atoms with E-state index in [1.54, 1.807) is 12.4 Å². The Hall–Kier alpha value is -2.36. The predicted octanol–water partition coefficient (Wildman–Crippen LogP) is 3.88. The van der Waals surface area contributed by atoms with Gasteiger partial charge in [0.2, 0.25) is 0 Å². The lowest BCUT2D eigenvalue weighted by molar-refractivity contribution is 0.624. The number of nitrogen functional groups attached to an aromatic ring is 1. The molecule has 0 bridgehead atoms. The third-order valence-corrected chi connectivity index (χ3v) is 3.78. The van der Waals surface area contributed by atoms with Crippen molar-refractivity contribution in [2.45, 2.75) is 33.7 Å². The number of hydrogen-bond acceptors (Lipinski definition) is 3. The van der Waals surface area contributed by atoms with Gasteiger partial charge in [0.25, 0.3) is 0 Å². The van der Waals surface area contributed by atoms with Crippen LogP contribution in [0.4, 0.5) is 5.69 Å². The molecule has 0 unspecified atom stereocenters. The Balaban J connectivity index is 2.38. The summed E-state index contributed by atoms with van der Waals surface area (Å²) in [6, 6.07) is 6.51. The van der Waals surface area contributed by atoms with Crippen molar-refractivity contribution in [2.24, 2.45) is 0 Å². The van der Waals surface area contributed by atoms with Crippen molar-refractivity contribution >= 4 is 16.7 Å². The molecule has 4 heteroatoms. The quantitative estimate of drug-likeness (QED) is 0.725. The Bertz CT molecular complexity index is 815. The van der Waals surface area contributed by atoms with E-state index in [1.807, 2.05) is 13.0 Å². The van der Waals surface area contributed by atoms with E-state index >= 15 is 0 Å². The summed E-state index contributed by atoms with van der Waals surface area (Å²) in [6.07, 6.45) is 3.61. The van der Waals surface area contributed by atoms with E-state index < -0.39 is 0 Å². The van der Waals surface area contributed by atoms with Crippen LogP contribution in [0, 0.1) is 13.8 Å². The number of rotatable bonds is 2. The fourth-order valence-corrected chi connectivity index (χ4v) is 2.83. The van der Waals surface area contributed by atoms with Gasteiger partial charge in [-0.1, -0.05) is 6.07 Å². The van der Waals surface area contributed by atoms with Crippen LogP contribution >= 0.6 is 0 Å². The molecule has 4 nitrogen and oxygen atoms in total. The molecular formula is C17H20N4. The lowest BCUT2D eigenvalue weighted by atomic mass is 10.0. The normalized spacial score (nSPS) is 11.5. The molecule has 0 aliphatic carbocycles. The molecule has 1 aromatic carbocycles. The maximum Gasteiger partial charge on any atom is 0.143 e. The van der Waals surface area contributed by atoms with Crippen molar-refractivity contribution in [3.05, 3.63) is 41.7 Å². The van der Waals surface area contributed by atoms with E-state index in [-0.39, 0.29) is 0 Å². The molecular weight excluding hydrogens is 260 g/mol. The van der Waals surface area contributed by atoms with E-state index in [1.165, 1.54) is 5.56 Å². The van der Waals surface area contributed by atoms with Crippen LogP contribution < -0.4 is 5.73 Å². The lowest BCUT2D eigenvalue weighted by Gasteiger charge is -2.15. The van der Waals surface area contributed by atoms with Crippen LogP contribution in [0.1, 0.15) is 31.0 Å². The first-order chi connectivity index (χ1) is 9.99. The third-order valence-electron chi connectivity index (χ3n) is 3.78. The highest BCUT2D eigenvalue weighted by molar-refractivity contribution is 5.84. The number of anilines is 1. The Morgan fingerprint density at radius 3 is 2.67 bits per heavy atom. The number of hydrogen-bond donors (Lipinski definition) is 1. The summed E-state index contributed by atoms with van der Waals surface area (Å²) in [7, 11) is 0. The zero-order valence-corrected chi connectivity index (χ0v) is 12.9. The van der Waals surface area contributed by atoms with Crippen LogP contribution in [0.2, 0.25) is 0 Å². The Labute approximate surface area is 124 Å². The average molecular weight is 280 g/mol. The Kier molecular flexibility index (Phi) is 3.16. The zero-order valence-electron chi connectivity index (χ0n) is 12.9. The van der Waals surface area contributed by atoms with Gasteiger partial charge in [-0.25, -0.2) is 4.98 Å². The molecule has 0 aliphatic heterocycles. The van der Waals surface area contributed by atoms with Crippen molar-refractivity contribution in [1.29, 1.82) is 0 Å². The van der Waals surface area contributed by atoms with Gasteiger partial charge in [-0.15, -0.1) is 0 Å². The molecule has 0 aliphatic rings. The molecule has 0 atom stereocenters. The molecule has 0 saturated heterocycles. The number of aryl methyl sites for hydroxylation is 2. The van der Waals surface area contributed by atoms with Gasteiger partial charge in [0, 0.05) is 23.5 Å². The molecule has 0 radical (unpaired) electrons. The van der Waals surface area contributed by atoms with Crippen molar-refractivity contribution < 1.29 is 0 Å². The smallest absolute Gasteiger partial charge is 0.143 e. The molecule has 0 spiro atoms. The second kappa shape index (κ2) is 4.88. The van der Waals surface area contributed by atoms with Crippen molar-refractivity contribution in [3.8, 4) is 11.4 Å². The highest BCUT2D eigenvalue weighted by Gasteiger charge is 2.17. The minimum atomic E-state index is 0.299. The molecule has 108 valence electrons. The van der Waals surface area contributed by atoms with Crippen LogP contribution in [0.15, 0.2) is 30.6 Å². The summed E-state index contributed by atoms with van der Waals surface area (Å²) in [5.41, 5.74) is 12.4. The molecule has 0 saturated carbocycles. The van der Waals surface area contributed by atoms with E-state index in [0.717, 1.165) is 33.7 Å². The average Bonchev–Trinajstić information content (AvgIpc) is 2.82. The number of fused-ring (bicyclic) bond motifs is 1. The maximum absolute atomic E-state index is 6.31. The first-order valence-corrected chi connectivity index (χ1v) is 7.18. The van der Waals surface area contributed by atoms with E-state index in [0.29, 0.717) is 6.04 Å². The fraction of sp³-hybridized carbons (Fsp3) is 0.294. The summed E-state index contributed by atoms with van der Waals surface area (Å²) in [5.74, 6) is 0.914. The number of imidazole rings is 1. The van der Waals surface area contributed by atoms with Gasteiger partial charge in [0.15, 0.2) is 0 Å². The van der Waals surface area contributed by atoms with Gasteiger partial charge in [-0.05, 0) is 51.0 Å². The van der Waals surface area contributed by atoms with Crippen LogP contribution in [0.25, 0.3) is 22.4 Å². The van der Waals surface area contributed by atoms with Gasteiger partial charge in [-0.2, -0.15) is 0 Å². The number of benzene rings is 1. The van der Waals surface area contributed by atoms with Crippen LogP contribution in [0.5, 0.6) is 0 Å². The molecule has 2 N–H and O–H groups in total. The Morgan fingerprint density at radius 1 is 1.19 bits per heavy atom. The maximum atomic E-state index is 6.31. The van der Waals surface area contributed by atoms with Gasteiger partial charge in [0.05, 0.1) is 11.7 Å². The minimum absolute atomic E-state index is 0.299. The summed E-state index contributed by atoms with van der Waals surface area (Å²) < 4.78 is 2.22. The first-order valence-electron chi connectivity index (χ1n) is 7.18. The zero-order chi connectivity index (χ0) is 15.1. The number of pyridine rings is 1. The molecule has 0 fully saturated rings. The summed E-state index contributed by atoms with van der Waals surface area (Å²) in [6.45, 7) is 8.43. The molecule has 21 heavy (non-hydrogen) atoms. The third kappa shape index (κ3) is 2.17. The summed E-state index contributed by atoms with van der Waals surface area (Å²) in [4.78, 5) is 8.94. The molecule has 0 amide bonds. The second-order valence-corrected chi connectivity index (χ2v) is 5.81. The van der Waals surface area contributed by atoms with E-state index in [4.69, 9.17) is 10.7 Å². The van der Waals surface area contributed by atoms with Crippen LogP contribution in [-0.2, 0) is 0 Å². The van der Waals surface area contributed by atoms with Gasteiger partial charge in [0.1, 0.15) is 11.3 Å². The first kappa shape index (κ1) is 13.6. The van der Waals surface area contributed by atoms with E-state index in [2.05, 4.69) is 42.5 Å². The lowest BCUT2D eigenvalue weighted by Crippen LogP contribution is -2.05. The number of nitrogens with zero attached hydrogens (tertiary/aromatic N) is 3. The molecule has 2 heterocycles. The SMILES string of the molecule is Cc1cc(C)c(N)c(-c2nc3cnccc3n2C(C)C)c1.